The third-order valence-corrected chi connectivity index (χ3v) is 4.63. The van der Waals surface area contributed by atoms with Crippen molar-refractivity contribution in [2.24, 2.45) is 0 Å². The highest BCUT2D eigenvalue weighted by Gasteiger charge is 2.26. The quantitative estimate of drug-likeness (QED) is 0.824. The first-order chi connectivity index (χ1) is 11.5. The molecule has 1 heterocycles. The maximum atomic E-state index is 12.6. The van der Waals surface area contributed by atoms with Crippen LogP contribution in [0.25, 0.3) is 0 Å². The van der Waals surface area contributed by atoms with E-state index in [0.717, 1.165) is 10.4 Å². The summed E-state index contributed by atoms with van der Waals surface area (Å²) in [7, 11) is 1.85. The van der Waals surface area contributed by atoms with Gasteiger partial charge in [0.1, 0.15) is 6.04 Å². The molecular weight excluding hydrogens is 346 g/mol. The van der Waals surface area contributed by atoms with E-state index >= 15 is 0 Å². The number of likely N-dealkylation sites (N-methyl/N-ethyl adjacent to an activating group) is 1. The van der Waals surface area contributed by atoms with Crippen LogP contribution in [0.3, 0.4) is 0 Å². The zero-order valence-corrected chi connectivity index (χ0v) is 15.2. The number of rotatable bonds is 6. The van der Waals surface area contributed by atoms with Crippen LogP contribution < -0.4 is 10.6 Å². The molecular formula is C17H20ClN3O2S. The number of halogens is 1. The van der Waals surface area contributed by atoms with Crippen LogP contribution in [-0.2, 0) is 11.3 Å². The van der Waals surface area contributed by atoms with Gasteiger partial charge in [0.2, 0.25) is 5.91 Å². The Morgan fingerprint density at radius 1 is 1.21 bits per heavy atom. The molecule has 0 spiro atoms. The molecule has 0 aliphatic rings. The topological polar surface area (TPSA) is 61.4 Å². The first-order valence-electron chi connectivity index (χ1n) is 7.59. The molecule has 3 amide bonds. The Hall–Kier alpha value is -1.89. The van der Waals surface area contributed by atoms with E-state index in [2.05, 4.69) is 10.6 Å². The molecule has 0 radical (unpaired) electrons. The minimum absolute atomic E-state index is 0.364. The Morgan fingerprint density at radius 3 is 2.50 bits per heavy atom. The summed E-state index contributed by atoms with van der Waals surface area (Å²) in [5, 5.41) is 4.97. The van der Waals surface area contributed by atoms with Gasteiger partial charge in [0, 0.05) is 18.0 Å². The fourth-order valence-corrected chi connectivity index (χ4v) is 3.55. The van der Waals surface area contributed by atoms with Gasteiger partial charge in [-0.25, -0.2) is 4.79 Å². The molecule has 0 saturated heterocycles. The predicted octanol–water partition coefficient (Wildman–Crippen LogP) is 3.42. The van der Waals surface area contributed by atoms with Gasteiger partial charge < -0.3 is 5.32 Å². The number of nitrogens with zero attached hydrogens (tertiary/aromatic N) is 1. The van der Waals surface area contributed by atoms with E-state index < -0.39 is 12.1 Å². The number of nitrogens with one attached hydrogen (secondary N) is 2. The highest BCUT2D eigenvalue weighted by atomic mass is 35.5. The fourth-order valence-electron chi connectivity index (χ4n) is 2.40. The summed E-state index contributed by atoms with van der Waals surface area (Å²) in [6, 6.07) is 12.1. The third kappa shape index (κ3) is 5.06. The van der Waals surface area contributed by atoms with Crippen LogP contribution in [0.5, 0.6) is 0 Å². The second-order valence-corrected chi connectivity index (χ2v) is 7.08. The van der Waals surface area contributed by atoms with Crippen molar-refractivity contribution in [1.82, 2.24) is 15.5 Å². The van der Waals surface area contributed by atoms with Crippen molar-refractivity contribution in [3.63, 3.8) is 0 Å². The molecule has 1 atom stereocenters. The minimum Gasteiger partial charge on any atom is -0.338 e. The van der Waals surface area contributed by atoms with Gasteiger partial charge in [-0.05, 0) is 31.7 Å². The normalized spacial score (nSPS) is 12.0. The summed E-state index contributed by atoms with van der Waals surface area (Å²) in [6.45, 7) is 2.81. The Bertz CT molecular complexity index is 690. The van der Waals surface area contributed by atoms with E-state index in [1.54, 1.807) is 6.92 Å². The molecule has 0 aliphatic heterocycles. The van der Waals surface area contributed by atoms with Gasteiger partial charge in [-0.15, -0.1) is 11.3 Å². The van der Waals surface area contributed by atoms with Crippen LogP contribution in [0.2, 0.25) is 4.34 Å². The SMILES string of the molecule is CCNC(=O)NC(=O)[C@H](c1ccccc1)N(C)Cc1ccc(Cl)s1. The molecule has 0 saturated carbocycles. The zero-order chi connectivity index (χ0) is 17.5. The smallest absolute Gasteiger partial charge is 0.321 e. The number of benzene rings is 1. The van der Waals surface area contributed by atoms with Crippen molar-refractivity contribution in [1.29, 1.82) is 0 Å². The fraction of sp³-hybridized carbons (Fsp3) is 0.294. The number of carbonyl (C=O) groups excluding carboxylic acids is 2. The lowest BCUT2D eigenvalue weighted by molar-refractivity contribution is -0.125. The van der Waals surface area contributed by atoms with Crippen molar-refractivity contribution in [3.05, 3.63) is 57.2 Å². The van der Waals surface area contributed by atoms with Gasteiger partial charge in [-0.3, -0.25) is 15.0 Å². The number of urea groups is 1. The number of imide groups is 1. The molecule has 2 aromatic rings. The Labute approximate surface area is 150 Å². The van der Waals surface area contributed by atoms with Gasteiger partial charge >= 0.3 is 6.03 Å². The average molecular weight is 366 g/mol. The standard InChI is InChI=1S/C17H20ClN3O2S/c1-3-19-17(23)20-16(22)15(12-7-5-4-6-8-12)21(2)11-13-9-10-14(18)24-13/h4-10,15H,3,11H2,1-2H3,(H2,19,20,22,23)/t15-/m0/s1. The molecule has 1 aromatic carbocycles. The first kappa shape index (κ1) is 18.4. The van der Waals surface area contributed by atoms with Gasteiger partial charge in [-0.2, -0.15) is 0 Å². The molecule has 0 unspecified atom stereocenters. The highest BCUT2D eigenvalue weighted by molar-refractivity contribution is 7.16. The van der Waals surface area contributed by atoms with E-state index in [4.69, 9.17) is 11.6 Å². The van der Waals surface area contributed by atoms with E-state index in [-0.39, 0.29) is 5.91 Å². The summed E-state index contributed by atoms with van der Waals surface area (Å²) in [5.74, 6) is -0.364. The van der Waals surface area contributed by atoms with Crippen LogP contribution >= 0.6 is 22.9 Å². The lowest BCUT2D eigenvalue weighted by Crippen LogP contribution is -2.45. The number of thiophene rings is 1. The lowest BCUT2D eigenvalue weighted by atomic mass is 10.0. The number of amides is 3. The summed E-state index contributed by atoms with van der Waals surface area (Å²) < 4.78 is 0.710. The Morgan fingerprint density at radius 2 is 1.92 bits per heavy atom. The molecule has 2 N–H and O–H groups in total. The van der Waals surface area contributed by atoms with E-state index in [1.165, 1.54) is 11.3 Å². The molecule has 2 rings (SSSR count). The van der Waals surface area contributed by atoms with Gasteiger partial charge in [0.25, 0.3) is 0 Å². The largest absolute Gasteiger partial charge is 0.338 e. The van der Waals surface area contributed by atoms with Crippen LogP contribution in [-0.4, -0.2) is 30.4 Å². The van der Waals surface area contributed by atoms with Crippen molar-refractivity contribution in [2.75, 3.05) is 13.6 Å². The molecule has 7 heteroatoms. The van der Waals surface area contributed by atoms with Crippen LogP contribution in [0.15, 0.2) is 42.5 Å². The maximum absolute atomic E-state index is 12.6. The van der Waals surface area contributed by atoms with E-state index in [9.17, 15) is 9.59 Å². The summed E-state index contributed by atoms with van der Waals surface area (Å²) in [4.78, 5) is 27.3. The minimum atomic E-state index is -0.574. The maximum Gasteiger partial charge on any atom is 0.321 e. The number of hydrogen-bond donors (Lipinski definition) is 2. The Kier molecular flexibility index (Phi) is 6.78. The molecule has 0 fully saturated rings. The summed E-state index contributed by atoms with van der Waals surface area (Å²) in [6.07, 6.45) is 0. The Balaban J connectivity index is 2.19. The van der Waals surface area contributed by atoms with Gasteiger partial charge in [0.15, 0.2) is 0 Å². The highest BCUT2D eigenvalue weighted by Crippen LogP contribution is 2.26. The van der Waals surface area contributed by atoms with E-state index in [1.807, 2.05) is 54.4 Å². The second-order valence-electron chi connectivity index (χ2n) is 5.28. The number of carbonyl (C=O) groups is 2. The van der Waals surface area contributed by atoms with Crippen molar-refractivity contribution in [2.45, 2.75) is 19.5 Å². The molecule has 5 nitrogen and oxygen atoms in total. The molecule has 0 bridgehead atoms. The summed E-state index contributed by atoms with van der Waals surface area (Å²) >= 11 is 7.45. The van der Waals surface area contributed by atoms with Gasteiger partial charge in [0.05, 0.1) is 4.34 Å². The first-order valence-corrected chi connectivity index (χ1v) is 8.78. The molecule has 1 aromatic heterocycles. The predicted molar refractivity (Wildman–Crippen MR) is 97.2 cm³/mol. The average Bonchev–Trinajstić information content (AvgIpc) is 2.93. The van der Waals surface area contributed by atoms with Crippen LogP contribution in [0, 0.1) is 0 Å². The summed E-state index contributed by atoms with van der Waals surface area (Å²) in [5.41, 5.74) is 0.824. The second kappa shape index (κ2) is 8.82. The van der Waals surface area contributed by atoms with Crippen molar-refractivity contribution >= 4 is 34.9 Å². The van der Waals surface area contributed by atoms with Crippen molar-refractivity contribution < 1.29 is 9.59 Å². The van der Waals surface area contributed by atoms with Crippen molar-refractivity contribution in [3.8, 4) is 0 Å². The molecule has 24 heavy (non-hydrogen) atoms. The van der Waals surface area contributed by atoms with E-state index in [0.29, 0.717) is 17.4 Å². The molecule has 0 aliphatic carbocycles. The lowest BCUT2D eigenvalue weighted by Gasteiger charge is -2.26. The zero-order valence-electron chi connectivity index (χ0n) is 13.6. The third-order valence-electron chi connectivity index (χ3n) is 3.41. The number of hydrogen-bond acceptors (Lipinski definition) is 4. The van der Waals surface area contributed by atoms with Crippen LogP contribution in [0.1, 0.15) is 23.4 Å². The molecule has 128 valence electrons. The van der Waals surface area contributed by atoms with Crippen LogP contribution in [0.4, 0.5) is 4.79 Å². The van der Waals surface area contributed by atoms with Gasteiger partial charge in [-0.1, -0.05) is 41.9 Å². The monoisotopic (exact) mass is 365 g/mol.